The summed E-state index contributed by atoms with van der Waals surface area (Å²) in [6, 6.07) is 0. The summed E-state index contributed by atoms with van der Waals surface area (Å²) < 4.78 is 1.86. The van der Waals surface area contributed by atoms with E-state index in [9.17, 15) is 0 Å². The fourth-order valence-corrected chi connectivity index (χ4v) is 2.57. The summed E-state index contributed by atoms with van der Waals surface area (Å²) in [5.41, 5.74) is 5.58. The molecule has 1 rings (SSSR count). The Kier molecular flexibility index (Phi) is 1.94. The summed E-state index contributed by atoms with van der Waals surface area (Å²) in [5.74, 6) is 0. The SMILES string of the molecule is CC1C=CC=C(N)[I-]1. The second-order valence-corrected chi connectivity index (χ2v) is 5.56. The molecule has 0 aromatic heterocycles. The van der Waals surface area contributed by atoms with E-state index in [1.807, 2.05) is 12.2 Å². The zero-order valence-electron chi connectivity index (χ0n) is 4.76. The summed E-state index contributed by atoms with van der Waals surface area (Å²) >= 11 is 0.141. The number of nitrogens with two attached hydrogens (primary N) is 1. The second-order valence-electron chi connectivity index (χ2n) is 1.72. The van der Waals surface area contributed by atoms with Gasteiger partial charge in [-0.3, -0.25) is 0 Å². The molecule has 1 heterocycles. The molecule has 1 nitrogen and oxygen atoms in total. The Bertz CT molecular complexity index is 137. The van der Waals surface area contributed by atoms with Crippen LogP contribution in [0.1, 0.15) is 6.92 Å². The van der Waals surface area contributed by atoms with Crippen molar-refractivity contribution in [1.29, 1.82) is 0 Å². The number of rotatable bonds is 0. The third-order valence-electron chi connectivity index (χ3n) is 0.930. The summed E-state index contributed by atoms with van der Waals surface area (Å²) in [6.07, 6.45) is 6.26. The van der Waals surface area contributed by atoms with Gasteiger partial charge in [-0.1, -0.05) is 0 Å². The Morgan fingerprint density at radius 1 is 1.75 bits per heavy atom. The third-order valence-corrected chi connectivity index (χ3v) is 3.41. The molecule has 0 amide bonds. The first-order valence-corrected chi connectivity index (χ1v) is 4.89. The van der Waals surface area contributed by atoms with Crippen molar-refractivity contribution in [2.45, 2.75) is 10.8 Å². The number of hydrogen-bond donors (Lipinski definition) is 1. The van der Waals surface area contributed by atoms with Gasteiger partial charge in [0.2, 0.25) is 0 Å². The van der Waals surface area contributed by atoms with Crippen LogP contribution >= 0.6 is 0 Å². The van der Waals surface area contributed by atoms with Crippen LogP contribution in [0.25, 0.3) is 0 Å². The van der Waals surface area contributed by atoms with Crippen molar-refractivity contribution in [1.82, 2.24) is 0 Å². The van der Waals surface area contributed by atoms with Crippen molar-refractivity contribution < 1.29 is 21.2 Å². The van der Waals surface area contributed by atoms with Crippen molar-refractivity contribution >= 4 is 0 Å². The average Bonchev–Trinajstić information content (AvgIpc) is 1.64. The van der Waals surface area contributed by atoms with Gasteiger partial charge in [-0.05, 0) is 0 Å². The van der Waals surface area contributed by atoms with Gasteiger partial charge in [0.05, 0.1) is 0 Å². The van der Waals surface area contributed by atoms with Crippen molar-refractivity contribution in [3.8, 4) is 0 Å². The van der Waals surface area contributed by atoms with Gasteiger partial charge in [0, 0.05) is 0 Å². The first-order valence-electron chi connectivity index (χ1n) is 2.56. The van der Waals surface area contributed by atoms with Gasteiger partial charge in [-0.15, -0.1) is 0 Å². The van der Waals surface area contributed by atoms with Crippen molar-refractivity contribution in [2.24, 2.45) is 5.73 Å². The van der Waals surface area contributed by atoms with E-state index in [0.717, 1.165) is 7.63 Å². The summed E-state index contributed by atoms with van der Waals surface area (Å²) in [4.78, 5) is 0. The number of alkyl halides is 1. The zero-order chi connectivity index (χ0) is 5.98. The molecule has 0 spiro atoms. The zero-order valence-corrected chi connectivity index (χ0v) is 6.92. The predicted octanol–water partition coefficient (Wildman–Crippen LogP) is -2.17. The molecule has 46 valence electrons. The van der Waals surface area contributed by atoms with Crippen molar-refractivity contribution in [3.63, 3.8) is 0 Å². The van der Waals surface area contributed by atoms with Crippen LogP contribution in [0.15, 0.2) is 21.9 Å². The molecule has 1 unspecified atom stereocenters. The molecule has 1 atom stereocenters. The molecular weight excluding hydrogens is 213 g/mol. The van der Waals surface area contributed by atoms with E-state index in [4.69, 9.17) is 5.73 Å². The molecule has 0 aromatic rings. The maximum atomic E-state index is 5.58. The second kappa shape index (κ2) is 2.53. The van der Waals surface area contributed by atoms with Crippen LogP contribution in [0.3, 0.4) is 0 Å². The van der Waals surface area contributed by atoms with Crippen LogP contribution in [0, 0.1) is 0 Å². The fourth-order valence-electron chi connectivity index (χ4n) is 0.572. The molecule has 0 bridgehead atoms. The van der Waals surface area contributed by atoms with Crippen LogP contribution in [-0.4, -0.2) is 3.92 Å². The Morgan fingerprint density at radius 2 is 2.50 bits per heavy atom. The van der Waals surface area contributed by atoms with E-state index < -0.39 is 0 Å². The van der Waals surface area contributed by atoms with Gasteiger partial charge < -0.3 is 0 Å². The Morgan fingerprint density at radius 3 is 2.88 bits per heavy atom. The molecule has 0 aliphatic carbocycles. The molecule has 0 saturated carbocycles. The molecule has 1 aliphatic heterocycles. The van der Waals surface area contributed by atoms with Gasteiger partial charge >= 0.3 is 59.7 Å². The van der Waals surface area contributed by atoms with Gasteiger partial charge in [0.25, 0.3) is 0 Å². The topological polar surface area (TPSA) is 26.0 Å². The van der Waals surface area contributed by atoms with Crippen LogP contribution < -0.4 is 26.9 Å². The summed E-state index contributed by atoms with van der Waals surface area (Å²) in [6.45, 7) is 2.21. The van der Waals surface area contributed by atoms with Crippen molar-refractivity contribution in [3.05, 3.63) is 21.9 Å². The van der Waals surface area contributed by atoms with Gasteiger partial charge in [-0.2, -0.15) is 0 Å². The average molecular weight is 222 g/mol. The molecule has 0 fully saturated rings. The molecule has 0 saturated heterocycles. The standard InChI is InChI=1S/C6H9IN/c1-5-3-2-4-6(8)7-5/h2-5H,8H2,1H3/q-1. The minimum absolute atomic E-state index is 0.141. The van der Waals surface area contributed by atoms with Gasteiger partial charge in [0.1, 0.15) is 0 Å². The first kappa shape index (κ1) is 6.13. The summed E-state index contributed by atoms with van der Waals surface area (Å²) in [7, 11) is 0. The predicted molar refractivity (Wildman–Crippen MR) is 30.9 cm³/mol. The molecule has 2 N–H and O–H groups in total. The van der Waals surface area contributed by atoms with Crippen molar-refractivity contribution in [2.75, 3.05) is 0 Å². The van der Waals surface area contributed by atoms with E-state index in [1.54, 1.807) is 0 Å². The first-order chi connectivity index (χ1) is 3.79. The molecular formula is C6H9IN-. The number of halogens is 1. The fraction of sp³-hybridized carbons (Fsp3) is 0.333. The molecule has 0 radical (unpaired) electrons. The van der Waals surface area contributed by atoms with Crippen LogP contribution in [0.4, 0.5) is 0 Å². The monoisotopic (exact) mass is 222 g/mol. The van der Waals surface area contributed by atoms with Crippen LogP contribution in [-0.2, 0) is 0 Å². The minimum atomic E-state index is 0.141. The van der Waals surface area contributed by atoms with E-state index in [-0.39, 0.29) is 21.2 Å². The Balaban J connectivity index is 2.59. The Hall–Kier alpha value is 0.0100. The molecule has 0 aromatic carbocycles. The van der Waals surface area contributed by atoms with E-state index in [2.05, 4.69) is 13.0 Å². The van der Waals surface area contributed by atoms with Gasteiger partial charge in [0.15, 0.2) is 0 Å². The number of allylic oxidation sites excluding steroid dienone is 3. The van der Waals surface area contributed by atoms with Crippen LogP contribution in [0.5, 0.6) is 0 Å². The van der Waals surface area contributed by atoms with E-state index >= 15 is 0 Å². The maximum absolute atomic E-state index is 5.58. The van der Waals surface area contributed by atoms with E-state index in [1.165, 1.54) is 0 Å². The molecule has 1 aliphatic rings. The number of hydrogen-bond acceptors (Lipinski definition) is 1. The third kappa shape index (κ3) is 1.51. The Labute approximate surface area is 59.9 Å². The quantitative estimate of drug-likeness (QED) is 0.282. The van der Waals surface area contributed by atoms with E-state index in [0.29, 0.717) is 0 Å². The van der Waals surface area contributed by atoms with Crippen LogP contribution in [0.2, 0.25) is 0 Å². The molecule has 8 heavy (non-hydrogen) atoms. The summed E-state index contributed by atoms with van der Waals surface area (Å²) in [5, 5.41) is 0. The molecule has 2 heteroatoms. The normalized spacial score (nSPS) is 28.6. The van der Waals surface area contributed by atoms with Gasteiger partial charge in [-0.25, -0.2) is 0 Å².